The Morgan fingerprint density at radius 2 is 1.71 bits per heavy atom. The largest absolute Gasteiger partial charge is 0.451 e. The van der Waals surface area contributed by atoms with E-state index in [1.807, 2.05) is 0 Å². The molecule has 0 spiro atoms. The number of aromatic nitrogens is 2. The van der Waals surface area contributed by atoms with Gasteiger partial charge in [0.15, 0.2) is 0 Å². The van der Waals surface area contributed by atoms with Gasteiger partial charge in [0.25, 0.3) is 0 Å². The number of hydrogen-bond donors (Lipinski definition) is 0. The second-order valence-electron chi connectivity index (χ2n) is 3.78. The van der Waals surface area contributed by atoms with Crippen LogP contribution in [0, 0.1) is 0 Å². The zero-order chi connectivity index (χ0) is 12.6. The van der Waals surface area contributed by atoms with Gasteiger partial charge in [-0.25, -0.2) is 9.97 Å². The Kier molecular flexibility index (Phi) is 2.65. The van der Waals surface area contributed by atoms with E-state index in [0.717, 1.165) is 0 Å². The van der Waals surface area contributed by atoms with E-state index in [1.165, 1.54) is 0 Å². The molecular formula is C11H10F3N3. The first kappa shape index (κ1) is 11.6. The number of hydrogen-bond acceptors (Lipinski definition) is 3. The second-order valence-corrected chi connectivity index (χ2v) is 3.78. The predicted molar refractivity (Wildman–Crippen MR) is 58.9 cm³/mol. The summed E-state index contributed by atoms with van der Waals surface area (Å²) in [6.45, 7) is 0. The van der Waals surface area contributed by atoms with Gasteiger partial charge in [-0.2, -0.15) is 13.2 Å². The van der Waals surface area contributed by atoms with Crippen LogP contribution in [0.4, 0.5) is 19.0 Å². The predicted octanol–water partition coefficient (Wildman–Crippen LogP) is 2.71. The maximum atomic E-state index is 12.6. The number of para-hydroxylation sites is 1. The fraction of sp³-hybridized carbons (Fsp3) is 0.273. The molecule has 2 rings (SSSR count). The quantitative estimate of drug-likeness (QED) is 0.768. The Hall–Kier alpha value is -1.85. The fourth-order valence-electron chi connectivity index (χ4n) is 1.53. The third-order valence-corrected chi connectivity index (χ3v) is 2.26. The van der Waals surface area contributed by atoms with Gasteiger partial charge in [0.2, 0.25) is 5.82 Å². The molecule has 0 amide bonds. The van der Waals surface area contributed by atoms with E-state index < -0.39 is 12.0 Å². The van der Waals surface area contributed by atoms with Gasteiger partial charge in [0.1, 0.15) is 5.82 Å². The van der Waals surface area contributed by atoms with Gasteiger partial charge in [0, 0.05) is 19.5 Å². The molecular weight excluding hydrogens is 231 g/mol. The lowest BCUT2D eigenvalue weighted by molar-refractivity contribution is -0.144. The molecule has 90 valence electrons. The minimum Gasteiger partial charge on any atom is -0.362 e. The van der Waals surface area contributed by atoms with Crippen molar-refractivity contribution < 1.29 is 13.2 Å². The van der Waals surface area contributed by atoms with E-state index in [-0.39, 0.29) is 5.82 Å². The van der Waals surface area contributed by atoms with Crippen molar-refractivity contribution in [2.45, 2.75) is 6.18 Å². The Balaban J connectivity index is 2.76. The molecule has 0 radical (unpaired) electrons. The topological polar surface area (TPSA) is 29.0 Å². The smallest absolute Gasteiger partial charge is 0.362 e. The Morgan fingerprint density at radius 3 is 2.29 bits per heavy atom. The SMILES string of the molecule is CN(C)c1nc(C(F)(F)F)nc2ccccc12. The highest BCUT2D eigenvalue weighted by Crippen LogP contribution is 2.30. The normalized spacial score (nSPS) is 11.8. The second kappa shape index (κ2) is 3.87. The summed E-state index contributed by atoms with van der Waals surface area (Å²) in [5, 5.41) is 0.602. The van der Waals surface area contributed by atoms with Gasteiger partial charge < -0.3 is 4.90 Å². The number of fused-ring (bicyclic) bond motifs is 1. The van der Waals surface area contributed by atoms with Crippen molar-refractivity contribution in [2.75, 3.05) is 19.0 Å². The third-order valence-electron chi connectivity index (χ3n) is 2.26. The van der Waals surface area contributed by atoms with Gasteiger partial charge in [-0.1, -0.05) is 12.1 Å². The van der Waals surface area contributed by atoms with Crippen LogP contribution in [0.25, 0.3) is 10.9 Å². The van der Waals surface area contributed by atoms with Gasteiger partial charge in [-0.15, -0.1) is 0 Å². The van der Waals surface area contributed by atoms with Crippen LogP contribution in [0.2, 0.25) is 0 Å². The standard InChI is InChI=1S/C11H10F3N3/c1-17(2)9-7-5-3-4-6-8(7)15-10(16-9)11(12,13)14/h3-6H,1-2H3. The zero-order valence-electron chi connectivity index (χ0n) is 9.28. The molecule has 0 unspecified atom stereocenters. The first-order chi connectivity index (χ1) is 7.89. The molecule has 1 heterocycles. The Labute approximate surface area is 95.9 Å². The van der Waals surface area contributed by atoms with Crippen molar-refractivity contribution in [3.63, 3.8) is 0 Å². The van der Waals surface area contributed by atoms with E-state index in [4.69, 9.17) is 0 Å². The van der Waals surface area contributed by atoms with Gasteiger partial charge in [-0.3, -0.25) is 0 Å². The molecule has 0 aliphatic heterocycles. The van der Waals surface area contributed by atoms with Crippen LogP contribution in [0.5, 0.6) is 0 Å². The highest BCUT2D eigenvalue weighted by atomic mass is 19.4. The van der Waals surface area contributed by atoms with Crippen molar-refractivity contribution >= 4 is 16.7 Å². The molecule has 0 atom stereocenters. The summed E-state index contributed by atoms with van der Waals surface area (Å²) in [5.41, 5.74) is 0.290. The summed E-state index contributed by atoms with van der Waals surface area (Å²) in [5.74, 6) is -0.845. The van der Waals surface area contributed by atoms with Crippen LogP contribution >= 0.6 is 0 Å². The average molecular weight is 241 g/mol. The minimum absolute atomic E-state index is 0.267. The van der Waals surface area contributed by atoms with E-state index in [1.54, 1.807) is 43.3 Å². The average Bonchev–Trinajstić information content (AvgIpc) is 2.26. The summed E-state index contributed by atoms with van der Waals surface area (Å²) >= 11 is 0. The molecule has 1 aromatic carbocycles. The van der Waals surface area contributed by atoms with Crippen LogP contribution in [0.1, 0.15) is 5.82 Å². The van der Waals surface area contributed by atoms with E-state index >= 15 is 0 Å². The Bertz CT molecular complexity index is 549. The minimum atomic E-state index is -4.53. The molecule has 0 saturated carbocycles. The van der Waals surface area contributed by atoms with Crippen LogP contribution in [0.15, 0.2) is 24.3 Å². The molecule has 0 saturated heterocycles. The molecule has 0 fully saturated rings. The molecule has 0 bridgehead atoms. The molecule has 0 N–H and O–H groups in total. The molecule has 0 aliphatic carbocycles. The van der Waals surface area contributed by atoms with Gasteiger partial charge >= 0.3 is 6.18 Å². The number of benzene rings is 1. The first-order valence-corrected chi connectivity index (χ1v) is 4.91. The molecule has 1 aromatic heterocycles. The molecule has 6 heteroatoms. The third kappa shape index (κ3) is 2.15. The summed E-state index contributed by atoms with van der Waals surface area (Å²) in [7, 11) is 3.30. The number of alkyl halides is 3. The number of halogens is 3. The lowest BCUT2D eigenvalue weighted by Gasteiger charge is -2.16. The maximum Gasteiger partial charge on any atom is 0.451 e. The number of nitrogens with zero attached hydrogens (tertiary/aromatic N) is 3. The molecule has 2 aromatic rings. The summed E-state index contributed by atoms with van der Waals surface area (Å²) in [4.78, 5) is 8.63. The lowest BCUT2D eigenvalue weighted by atomic mass is 10.2. The van der Waals surface area contributed by atoms with Crippen LogP contribution in [0.3, 0.4) is 0 Å². The van der Waals surface area contributed by atoms with Crippen molar-refractivity contribution in [3.8, 4) is 0 Å². The monoisotopic (exact) mass is 241 g/mol. The van der Waals surface area contributed by atoms with Crippen LogP contribution in [-0.4, -0.2) is 24.1 Å². The van der Waals surface area contributed by atoms with E-state index in [0.29, 0.717) is 10.9 Å². The lowest BCUT2D eigenvalue weighted by Crippen LogP contribution is -2.17. The molecule has 17 heavy (non-hydrogen) atoms. The summed E-state index contributed by atoms with van der Waals surface area (Å²) < 4.78 is 37.8. The molecule has 3 nitrogen and oxygen atoms in total. The number of rotatable bonds is 1. The van der Waals surface area contributed by atoms with Crippen LogP contribution < -0.4 is 4.90 Å². The Morgan fingerprint density at radius 1 is 1.06 bits per heavy atom. The van der Waals surface area contributed by atoms with Gasteiger partial charge in [-0.05, 0) is 12.1 Å². The first-order valence-electron chi connectivity index (χ1n) is 4.91. The number of anilines is 1. The van der Waals surface area contributed by atoms with Crippen molar-refractivity contribution in [2.24, 2.45) is 0 Å². The zero-order valence-corrected chi connectivity index (χ0v) is 9.28. The highest BCUT2D eigenvalue weighted by Gasteiger charge is 2.35. The summed E-state index contributed by atoms with van der Waals surface area (Å²) in [6, 6.07) is 6.63. The van der Waals surface area contributed by atoms with Crippen molar-refractivity contribution in [1.29, 1.82) is 0 Å². The highest BCUT2D eigenvalue weighted by molar-refractivity contribution is 5.89. The fourth-order valence-corrected chi connectivity index (χ4v) is 1.53. The van der Waals surface area contributed by atoms with E-state index in [2.05, 4.69) is 9.97 Å². The summed E-state index contributed by atoms with van der Waals surface area (Å²) in [6.07, 6.45) is -4.53. The van der Waals surface area contributed by atoms with Crippen LogP contribution in [-0.2, 0) is 6.18 Å². The van der Waals surface area contributed by atoms with Crippen molar-refractivity contribution in [3.05, 3.63) is 30.1 Å². The van der Waals surface area contributed by atoms with E-state index in [9.17, 15) is 13.2 Å². The van der Waals surface area contributed by atoms with Crippen molar-refractivity contribution in [1.82, 2.24) is 9.97 Å². The maximum absolute atomic E-state index is 12.6. The molecule has 0 aliphatic rings. The van der Waals surface area contributed by atoms with Gasteiger partial charge in [0.05, 0.1) is 5.52 Å².